The summed E-state index contributed by atoms with van der Waals surface area (Å²) in [7, 11) is 1.87. The molecule has 18 heavy (non-hydrogen) atoms. The van der Waals surface area contributed by atoms with Gasteiger partial charge in [0.05, 0.1) is 0 Å². The van der Waals surface area contributed by atoms with Gasteiger partial charge >= 0.3 is 5.63 Å². The molecule has 2 heterocycles. The first kappa shape index (κ1) is 11.0. The first-order valence-corrected chi connectivity index (χ1v) is 6.09. The van der Waals surface area contributed by atoms with Gasteiger partial charge in [-0.15, -0.1) is 0 Å². The first-order chi connectivity index (χ1) is 8.72. The molecule has 0 saturated heterocycles. The van der Waals surface area contributed by atoms with Crippen LogP contribution in [0.25, 0.3) is 22.0 Å². The van der Waals surface area contributed by atoms with Crippen molar-refractivity contribution in [3.05, 3.63) is 40.5 Å². The Morgan fingerprint density at radius 2 is 2.11 bits per heavy atom. The lowest BCUT2D eigenvalue weighted by Crippen LogP contribution is -2.06. The minimum atomic E-state index is -0.318. The van der Waals surface area contributed by atoms with Gasteiger partial charge in [-0.2, -0.15) is 0 Å². The molecule has 0 saturated carbocycles. The van der Waals surface area contributed by atoms with Crippen LogP contribution in [0.2, 0.25) is 0 Å². The predicted molar refractivity (Wildman–Crippen MR) is 70.8 cm³/mol. The lowest BCUT2D eigenvalue weighted by atomic mass is 10.2. The number of aryl methyl sites for hydroxylation is 2. The van der Waals surface area contributed by atoms with Gasteiger partial charge in [-0.1, -0.05) is 19.1 Å². The molecule has 0 radical (unpaired) electrons. The lowest BCUT2D eigenvalue weighted by molar-refractivity contribution is 0.564. The Hall–Kier alpha value is -2.10. The molecule has 0 atom stereocenters. The third-order valence-electron chi connectivity index (χ3n) is 3.20. The molecule has 0 aliphatic heterocycles. The highest BCUT2D eigenvalue weighted by molar-refractivity contribution is 6.00. The Bertz CT molecular complexity index is 783. The van der Waals surface area contributed by atoms with Crippen molar-refractivity contribution < 1.29 is 4.42 Å². The summed E-state index contributed by atoms with van der Waals surface area (Å²) in [5.41, 5.74) is 1.57. The summed E-state index contributed by atoms with van der Waals surface area (Å²) in [5, 5.41) is 0.894. The van der Waals surface area contributed by atoms with Gasteiger partial charge in [0.25, 0.3) is 0 Å². The molecule has 4 nitrogen and oxygen atoms in total. The predicted octanol–water partition coefficient (Wildman–Crippen LogP) is 2.63. The number of benzene rings is 1. The SMILES string of the molecule is CCCc1nc2c3ccccc3oc(=O)c2n1C. The van der Waals surface area contributed by atoms with Gasteiger partial charge in [-0.25, -0.2) is 9.78 Å². The zero-order chi connectivity index (χ0) is 12.7. The molecular formula is C14H14N2O2. The van der Waals surface area contributed by atoms with E-state index in [-0.39, 0.29) is 5.63 Å². The van der Waals surface area contributed by atoms with Crippen LogP contribution in [0.1, 0.15) is 19.2 Å². The smallest absolute Gasteiger partial charge is 0.362 e. The number of fused-ring (bicyclic) bond motifs is 3. The molecule has 3 aromatic rings. The topological polar surface area (TPSA) is 48.0 Å². The zero-order valence-corrected chi connectivity index (χ0v) is 10.4. The first-order valence-electron chi connectivity index (χ1n) is 6.09. The van der Waals surface area contributed by atoms with Crippen molar-refractivity contribution in [3.8, 4) is 0 Å². The van der Waals surface area contributed by atoms with Crippen LogP contribution in [0.3, 0.4) is 0 Å². The van der Waals surface area contributed by atoms with Crippen LogP contribution in [0.4, 0.5) is 0 Å². The highest BCUT2D eigenvalue weighted by Gasteiger charge is 2.15. The summed E-state index contributed by atoms with van der Waals surface area (Å²) < 4.78 is 7.18. The fourth-order valence-electron chi connectivity index (χ4n) is 2.31. The Kier molecular flexibility index (Phi) is 2.44. The number of hydrogen-bond donors (Lipinski definition) is 0. The molecule has 4 heteroatoms. The minimum absolute atomic E-state index is 0.318. The number of nitrogens with zero attached hydrogens (tertiary/aromatic N) is 2. The van der Waals surface area contributed by atoms with Crippen molar-refractivity contribution in [2.75, 3.05) is 0 Å². The summed E-state index contributed by atoms with van der Waals surface area (Å²) >= 11 is 0. The summed E-state index contributed by atoms with van der Waals surface area (Å²) in [6.45, 7) is 2.10. The molecule has 3 rings (SSSR count). The van der Waals surface area contributed by atoms with Gasteiger partial charge in [0, 0.05) is 18.9 Å². The molecule has 92 valence electrons. The molecule has 0 fully saturated rings. The van der Waals surface area contributed by atoms with Crippen molar-refractivity contribution in [1.82, 2.24) is 9.55 Å². The van der Waals surface area contributed by atoms with E-state index in [1.54, 1.807) is 6.07 Å². The van der Waals surface area contributed by atoms with Gasteiger partial charge in [0.1, 0.15) is 16.9 Å². The maximum absolute atomic E-state index is 12.0. The number of para-hydroxylation sites is 1. The summed E-state index contributed by atoms with van der Waals surface area (Å²) in [6.07, 6.45) is 1.86. The van der Waals surface area contributed by atoms with Crippen LogP contribution in [-0.4, -0.2) is 9.55 Å². The fourth-order valence-corrected chi connectivity index (χ4v) is 2.31. The van der Waals surface area contributed by atoms with Crippen molar-refractivity contribution in [3.63, 3.8) is 0 Å². The fraction of sp³-hybridized carbons (Fsp3) is 0.286. The van der Waals surface area contributed by atoms with Crippen molar-refractivity contribution in [2.24, 2.45) is 7.05 Å². The third-order valence-corrected chi connectivity index (χ3v) is 3.20. The zero-order valence-electron chi connectivity index (χ0n) is 10.4. The van der Waals surface area contributed by atoms with Crippen LogP contribution in [0.15, 0.2) is 33.5 Å². The summed E-state index contributed by atoms with van der Waals surface area (Å²) in [5.74, 6) is 0.927. The Morgan fingerprint density at radius 3 is 2.89 bits per heavy atom. The monoisotopic (exact) mass is 242 g/mol. The maximum atomic E-state index is 12.0. The molecule has 0 amide bonds. The van der Waals surface area contributed by atoms with Crippen LogP contribution in [-0.2, 0) is 13.5 Å². The van der Waals surface area contributed by atoms with E-state index in [0.29, 0.717) is 11.1 Å². The standard InChI is InChI=1S/C14H14N2O2/c1-3-6-11-15-12-9-7-4-5-8-10(9)18-14(17)13(12)16(11)2/h4-5,7-8H,3,6H2,1-2H3. The third kappa shape index (κ3) is 1.45. The highest BCUT2D eigenvalue weighted by Crippen LogP contribution is 2.22. The van der Waals surface area contributed by atoms with Crippen LogP contribution in [0.5, 0.6) is 0 Å². The molecule has 0 bridgehead atoms. The number of rotatable bonds is 2. The quantitative estimate of drug-likeness (QED) is 0.649. The maximum Gasteiger partial charge on any atom is 0.362 e. The van der Waals surface area contributed by atoms with Crippen LogP contribution >= 0.6 is 0 Å². The van der Waals surface area contributed by atoms with Gasteiger partial charge in [0.2, 0.25) is 0 Å². The van der Waals surface area contributed by atoms with E-state index in [1.807, 2.05) is 29.8 Å². The van der Waals surface area contributed by atoms with Crippen LogP contribution in [0, 0.1) is 0 Å². The second-order valence-electron chi connectivity index (χ2n) is 4.42. The van der Waals surface area contributed by atoms with Gasteiger partial charge in [0.15, 0.2) is 5.52 Å². The van der Waals surface area contributed by atoms with Gasteiger partial charge in [-0.3, -0.25) is 0 Å². The van der Waals surface area contributed by atoms with Crippen molar-refractivity contribution in [1.29, 1.82) is 0 Å². The average Bonchev–Trinajstić information content (AvgIpc) is 2.69. The van der Waals surface area contributed by atoms with E-state index in [9.17, 15) is 4.79 Å². The molecule has 0 aliphatic carbocycles. The number of imidazole rings is 1. The Labute approximate surface area is 104 Å². The molecule has 0 N–H and O–H groups in total. The second-order valence-corrected chi connectivity index (χ2v) is 4.42. The van der Waals surface area contributed by atoms with E-state index in [0.717, 1.165) is 29.6 Å². The van der Waals surface area contributed by atoms with Crippen molar-refractivity contribution >= 4 is 22.0 Å². The molecule has 2 aromatic heterocycles. The molecule has 0 aliphatic rings. The Balaban J connectivity index is 2.49. The molecule has 0 unspecified atom stereocenters. The normalized spacial score (nSPS) is 11.4. The second kappa shape index (κ2) is 3.98. The van der Waals surface area contributed by atoms with Crippen molar-refractivity contribution in [2.45, 2.75) is 19.8 Å². The van der Waals surface area contributed by atoms with E-state index in [1.165, 1.54) is 0 Å². The molecule has 0 spiro atoms. The summed E-state index contributed by atoms with van der Waals surface area (Å²) in [4.78, 5) is 16.6. The average molecular weight is 242 g/mol. The van der Waals surface area contributed by atoms with E-state index < -0.39 is 0 Å². The largest absolute Gasteiger partial charge is 0.421 e. The lowest BCUT2D eigenvalue weighted by Gasteiger charge is -1.99. The van der Waals surface area contributed by atoms with Gasteiger partial charge < -0.3 is 8.98 Å². The summed E-state index contributed by atoms with van der Waals surface area (Å²) in [6, 6.07) is 7.51. The van der Waals surface area contributed by atoms with Crippen LogP contribution < -0.4 is 5.63 Å². The minimum Gasteiger partial charge on any atom is -0.421 e. The number of hydrogen-bond acceptors (Lipinski definition) is 3. The van der Waals surface area contributed by atoms with E-state index >= 15 is 0 Å². The van der Waals surface area contributed by atoms with Gasteiger partial charge in [-0.05, 0) is 18.6 Å². The molecule has 1 aromatic carbocycles. The number of aromatic nitrogens is 2. The highest BCUT2D eigenvalue weighted by atomic mass is 16.4. The van der Waals surface area contributed by atoms with E-state index in [4.69, 9.17) is 4.42 Å². The Morgan fingerprint density at radius 1 is 1.33 bits per heavy atom. The van der Waals surface area contributed by atoms with E-state index in [2.05, 4.69) is 11.9 Å². The molecular weight excluding hydrogens is 228 g/mol.